The number of ether oxygens (including phenoxy) is 4. The van der Waals surface area contributed by atoms with E-state index in [1.54, 1.807) is 48.3 Å². The van der Waals surface area contributed by atoms with E-state index >= 15 is 0 Å². The van der Waals surface area contributed by atoms with Crippen molar-refractivity contribution in [1.29, 1.82) is 0 Å². The van der Waals surface area contributed by atoms with Gasteiger partial charge in [-0.25, -0.2) is 4.79 Å². The zero-order valence-corrected chi connectivity index (χ0v) is 19.0. The van der Waals surface area contributed by atoms with Crippen molar-refractivity contribution in [2.75, 3.05) is 34.1 Å². The number of amides is 3. The molecule has 0 saturated carbocycles. The molecule has 1 unspecified atom stereocenters. The van der Waals surface area contributed by atoms with Crippen molar-refractivity contribution < 1.29 is 28.5 Å². The Morgan fingerprint density at radius 1 is 1.12 bits per heavy atom. The SMILES string of the molecule is C=CCN1C(=O)NC(c2cc(OC)ccc2OC)C2=C1CN(Cc1ccc3c(c1)OCO3)C2=O. The Morgan fingerprint density at radius 2 is 1.94 bits per heavy atom. The summed E-state index contributed by atoms with van der Waals surface area (Å²) in [4.78, 5) is 30.1. The largest absolute Gasteiger partial charge is 0.497 e. The van der Waals surface area contributed by atoms with Gasteiger partial charge in [0.05, 0.1) is 38.1 Å². The predicted octanol–water partition coefficient (Wildman–Crippen LogP) is 2.98. The number of urea groups is 1. The number of fused-ring (bicyclic) bond motifs is 1. The lowest BCUT2D eigenvalue weighted by molar-refractivity contribution is -0.126. The lowest BCUT2D eigenvalue weighted by atomic mass is 9.94. The van der Waals surface area contributed by atoms with Gasteiger partial charge in [-0.1, -0.05) is 12.1 Å². The summed E-state index contributed by atoms with van der Waals surface area (Å²) in [5.74, 6) is 2.34. The zero-order chi connectivity index (χ0) is 23.8. The molecule has 3 aliphatic heterocycles. The molecular formula is C25H25N3O6. The number of carbonyl (C=O) groups excluding carboxylic acids is 2. The molecule has 3 aliphatic rings. The van der Waals surface area contributed by atoms with Crippen LogP contribution in [0.1, 0.15) is 17.2 Å². The molecule has 1 atom stereocenters. The lowest BCUT2D eigenvalue weighted by Gasteiger charge is -2.33. The second kappa shape index (κ2) is 8.66. The maximum Gasteiger partial charge on any atom is 0.322 e. The fourth-order valence-corrected chi connectivity index (χ4v) is 4.56. The van der Waals surface area contributed by atoms with Gasteiger partial charge in [0.1, 0.15) is 11.5 Å². The van der Waals surface area contributed by atoms with Crippen LogP contribution in [0.5, 0.6) is 23.0 Å². The molecule has 3 amide bonds. The molecule has 2 aromatic rings. The van der Waals surface area contributed by atoms with Crippen LogP contribution in [-0.4, -0.2) is 55.8 Å². The van der Waals surface area contributed by atoms with E-state index in [0.717, 1.165) is 5.56 Å². The number of benzene rings is 2. The molecule has 9 nitrogen and oxygen atoms in total. The van der Waals surface area contributed by atoms with Crippen LogP contribution in [0.25, 0.3) is 0 Å². The average Bonchev–Trinajstić information content (AvgIpc) is 3.44. The standard InChI is InChI=1S/C25H25N3O6/c1-4-9-28-18-13-27(12-15-5-7-20-21(10-15)34-14-33-20)24(29)22(18)23(26-25(28)30)17-11-16(31-2)6-8-19(17)32-3/h4-8,10-11,23H,1,9,12-14H2,2-3H3,(H,26,30). The minimum absolute atomic E-state index is 0.156. The van der Waals surface area contributed by atoms with Gasteiger partial charge in [0.2, 0.25) is 6.79 Å². The number of nitrogens with one attached hydrogen (secondary N) is 1. The first-order chi connectivity index (χ1) is 16.5. The van der Waals surface area contributed by atoms with Crippen LogP contribution in [-0.2, 0) is 11.3 Å². The van der Waals surface area contributed by atoms with Gasteiger partial charge in [-0.15, -0.1) is 6.58 Å². The van der Waals surface area contributed by atoms with Gasteiger partial charge in [-0.3, -0.25) is 9.69 Å². The summed E-state index contributed by atoms with van der Waals surface area (Å²) >= 11 is 0. The third-order valence-corrected chi connectivity index (χ3v) is 6.17. The van der Waals surface area contributed by atoms with Crippen molar-refractivity contribution in [2.45, 2.75) is 12.6 Å². The third kappa shape index (κ3) is 3.59. The van der Waals surface area contributed by atoms with E-state index in [1.807, 2.05) is 18.2 Å². The van der Waals surface area contributed by atoms with E-state index < -0.39 is 6.04 Å². The van der Waals surface area contributed by atoms with Gasteiger partial charge < -0.3 is 29.2 Å². The molecule has 176 valence electrons. The number of nitrogens with zero attached hydrogens (tertiary/aromatic N) is 2. The molecule has 0 aromatic heterocycles. The number of rotatable bonds is 7. The van der Waals surface area contributed by atoms with E-state index in [4.69, 9.17) is 18.9 Å². The van der Waals surface area contributed by atoms with Crippen LogP contribution < -0.4 is 24.3 Å². The number of carbonyl (C=O) groups is 2. The highest BCUT2D eigenvalue weighted by Crippen LogP contribution is 2.41. The fourth-order valence-electron chi connectivity index (χ4n) is 4.56. The molecule has 0 radical (unpaired) electrons. The molecule has 0 saturated heterocycles. The summed E-state index contributed by atoms with van der Waals surface area (Å²) in [6, 6.07) is 9.96. The highest BCUT2D eigenvalue weighted by molar-refractivity contribution is 6.01. The topological polar surface area (TPSA) is 89.6 Å². The highest BCUT2D eigenvalue weighted by atomic mass is 16.7. The molecule has 3 heterocycles. The Kier molecular flexibility index (Phi) is 5.53. The molecule has 0 fully saturated rings. The normalized spacial score (nSPS) is 18.7. The Labute approximate surface area is 197 Å². The lowest BCUT2D eigenvalue weighted by Crippen LogP contribution is -2.47. The van der Waals surface area contributed by atoms with Crippen molar-refractivity contribution in [3.8, 4) is 23.0 Å². The molecule has 9 heteroatoms. The zero-order valence-electron chi connectivity index (χ0n) is 19.0. The van der Waals surface area contributed by atoms with Crippen LogP contribution >= 0.6 is 0 Å². The van der Waals surface area contributed by atoms with Crippen LogP contribution in [0.15, 0.2) is 60.3 Å². The predicted molar refractivity (Wildman–Crippen MR) is 123 cm³/mol. The quantitative estimate of drug-likeness (QED) is 0.635. The van der Waals surface area contributed by atoms with Crippen molar-refractivity contribution >= 4 is 11.9 Å². The van der Waals surface area contributed by atoms with Crippen molar-refractivity contribution in [3.05, 3.63) is 71.5 Å². The van der Waals surface area contributed by atoms with Gasteiger partial charge in [0.25, 0.3) is 5.91 Å². The first kappa shape index (κ1) is 21.7. The summed E-state index contributed by atoms with van der Waals surface area (Å²) in [5.41, 5.74) is 2.72. The maximum atomic E-state index is 13.7. The first-order valence-electron chi connectivity index (χ1n) is 10.9. The summed E-state index contributed by atoms with van der Waals surface area (Å²) in [6.45, 7) is 4.90. The average molecular weight is 463 g/mol. The monoisotopic (exact) mass is 463 g/mol. The van der Waals surface area contributed by atoms with E-state index in [-0.39, 0.29) is 25.3 Å². The maximum absolute atomic E-state index is 13.7. The van der Waals surface area contributed by atoms with Gasteiger partial charge in [-0.2, -0.15) is 0 Å². The summed E-state index contributed by atoms with van der Waals surface area (Å²) in [5, 5.41) is 2.98. The molecule has 2 aromatic carbocycles. The molecule has 34 heavy (non-hydrogen) atoms. The fraction of sp³-hybridized carbons (Fsp3) is 0.280. The number of hydrogen-bond acceptors (Lipinski definition) is 6. The minimum atomic E-state index is -0.678. The summed E-state index contributed by atoms with van der Waals surface area (Å²) in [7, 11) is 3.12. The van der Waals surface area contributed by atoms with Gasteiger partial charge in [0, 0.05) is 18.7 Å². The Balaban J connectivity index is 1.52. The molecular weight excluding hydrogens is 438 g/mol. The number of hydrogen-bond donors (Lipinski definition) is 1. The highest BCUT2D eigenvalue weighted by Gasteiger charge is 2.44. The first-order valence-corrected chi connectivity index (χ1v) is 10.9. The van der Waals surface area contributed by atoms with Crippen molar-refractivity contribution in [3.63, 3.8) is 0 Å². The summed E-state index contributed by atoms with van der Waals surface area (Å²) < 4.78 is 21.8. The van der Waals surface area contributed by atoms with Crippen LogP contribution in [0.2, 0.25) is 0 Å². The van der Waals surface area contributed by atoms with E-state index in [0.29, 0.717) is 52.9 Å². The van der Waals surface area contributed by atoms with Crippen LogP contribution in [0.3, 0.4) is 0 Å². The van der Waals surface area contributed by atoms with Crippen molar-refractivity contribution in [1.82, 2.24) is 15.1 Å². The van der Waals surface area contributed by atoms with E-state index in [1.165, 1.54) is 0 Å². The summed E-state index contributed by atoms with van der Waals surface area (Å²) in [6.07, 6.45) is 1.64. The Bertz CT molecular complexity index is 1210. The number of methoxy groups -OCH3 is 2. The molecule has 0 spiro atoms. The second-order valence-electron chi connectivity index (χ2n) is 8.10. The molecule has 1 N–H and O–H groups in total. The van der Waals surface area contributed by atoms with Gasteiger partial charge in [-0.05, 0) is 35.9 Å². The van der Waals surface area contributed by atoms with Crippen LogP contribution in [0.4, 0.5) is 4.79 Å². The van der Waals surface area contributed by atoms with E-state index in [2.05, 4.69) is 11.9 Å². The smallest absolute Gasteiger partial charge is 0.322 e. The molecule has 5 rings (SSSR count). The van der Waals surface area contributed by atoms with Crippen LogP contribution in [0, 0.1) is 0 Å². The third-order valence-electron chi connectivity index (χ3n) is 6.17. The van der Waals surface area contributed by atoms with Gasteiger partial charge >= 0.3 is 6.03 Å². The molecule has 0 bridgehead atoms. The van der Waals surface area contributed by atoms with Gasteiger partial charge in [0.15, 0.2) is 11.5 Å². The van der Waals surface area contributed by atoms with E-state index in [9.17, 15) is 9.59 Å². The Morgan fingerprint density at radius 3 is 2.71 bits per heavy atom. The van der Waals surface area contributed by atoms with Crippen molar-refractivity contribution in [2.24, 2.45) is 0 Å². The second-order valence-corrected chi connectivity index (χ2v) is 8.10. The molecule has 0 aliphatic carbocycles. The minimum Gasteiger partial charge on any atom is -0.497 e. The Hall–Kier alpha value is -4.14.